The van der Waals surface area contributed by atoms with Crippen LogP contribution in [0.5, 0.6) is 0 Å². The van der Waals surface area contributed by atoms with Crippen LogP contribution in [0.3, 0.4) is 0 Å². The van der Waals surface area contributed by atoms with Gasteiger partial charge in [-0.05, 0) is 106 Å². The van der Waals surface area contributed by atoms with E-state index in [0.717, 1.165) is 42.9 Å². The highest BCUT2D eigenvalue weighted by molar-refractivity contribution is 5.85. The van der Waals surface area contributed by atoms with Gasteiger partial charge in [0.05, 0.1) is 24.8 Å². The summed E-state index contributed by atoms with van der Waals surface area (Å²) in [5.41, 5.74) is 1.82. The summed E-state index contributed by atoms with van der Waals surface area (Å²) in [6.45, 7) is 6.10. The van der Waals surface area contributed by atoms with Crippen LogP contribution in [0.4, 0.5) is 0 Å². The van der Waals surface area contributed by atoms with Crippen molar-refractivity contribution in [2.45, 2.75) is 90.7 Å². The van der Waals surface area contributed by atoms with Gasteiger partial charge in [-0.15, -0.1) is 0 Å². The zero-order valence-corrected chi connectivity index (χ0v) is 20.9. The third kappa shape index (κ3) is 4.24. The molecule has 0 saturated heterocycles. The van der Waals surface area contributed by atoms with E-state index >= 15 is 0 Å². The molecule has 4 saturated carbocycles. The first-order valence-corrected chi connectivity index (χ1v) is 13.1. The van der Waals surface area contributed by atoms with Crippen LogP contribution in [-0.4, -0.2) is 52.7 Å². The summed E-state index contributed by atoms with van der Waals surface area (Å²) in [5, 5.41) is 19.2. The molecule has 7 atom stereocenters. The molecular formula is C26H42N4O3. The molecule has 7 heteroatoms. The lowest BCUT2D eigenvalue weighted by molar-refractivity contribution is -0.112. The van der Waals surface area contributed by atoms with Crippen LogP contribution in [0.15, 0.2) is 9.68 Å². The van der Waals surface area contributed by atoms with Crippen LogP contribution in [0.25, 0.3) is 0 Å². The lowest BCUT2D eigenvalue weighted by Crippen LogP contribution is -2.54. The van der Waals surface area contributed by atoms with Gasteiger partial charge < -0.3 is 19.4 Å². The molecule has 5 rings (SSSR count). The maximum atomic E-state index is 10.7. The largest absolute Gasteiger partial charge is 0.395 e. The smallest absolute Gasteiger partial charge is 0.230 e. The maximum absolute atomic E-state index is 10.7. The summed E-state index contributed by atoms with van der Waals surface area (Å²) in [6, 6.07) is 0. The second-order valence-electron chi connectivity index (χ2n) is 12.1. The minimum absolute atomic E-state index is 0.0806. The molecule has 184 valence electrons. The summed E-state index contributed by atoms with van der Waals surface area (Å²) in [6.07, 6.45) is 11.3. The summed E-state index contributed by atoms with van der Waals surface area (Å²) in [7, 11) is 3.97. The Balaban J connectivity index is 1.15. The van der Waals surface area contributed by atoms with Crippen molar-refractivity contribution in [3.8, 4) is 0 Å². The van der Waals surface area contributed by atoms with Crippen molar-refractivity contribution >= 4 is 5.71 Å². The van der Waals surface area contributed by atoms with E-state index in [-0.39, 0.29) is 11.5 Å². The summed E-state index contributed by atoms with van der Waals surface area (Å²) in [4.78, 5) is 12.1. The Morgan fingerprint density at radius 1 is 1.09 bits per heavy atom. The second kappa shape index (κ2) is 8.95. The van der Waals surface area contributed by atoms with E-state index in [1.54, 1.807) is 0 Å². The highest BCUT2D eigenvalue weighted by Gasteiger charge is 2.59. The summed E-state index contributed by atoms with van der Waals surface area (Å²) >= 11 is 0. The average molecular weight is 459 g/mol. The fraction of sp³-hybridized carbons (Fsp3) is 0.885. The Hall–Kier alpha value is -1.47. The molecular weight excluding hydrogens is 416 g/mol. The topological polar surface area (TPSA) is 84.0 Å². The van der Waals surface area contributed by atoms with Gasteiger partial charge in [-0.1, -0.05) is 24.2 Å². The molecule has 0 bridgehead atoms. The third-order valence-electron chi connectivity index (χ3n) is 10.0. The normalized spacial score (nSPS) is 41.6. The SMILES string of the molecule is CN(C)Cc1noc(CCON=C2CCC3(C)C(CCC4C5CCC(O)C5(C)CCC43)C2)n1. The number of oxime groups is 1. The molecule has 0 aliphatic heterocycles. The van der Waals surface area contributed by atoms with Gasteiger partial charge in [0.1, 0.15) is 6.61 Å². The molecule has 1 aromatic rings. The lowest BCUT2D eigenvalue weighted by Gasteiger charge is -2.60. The number of hydrogen-bond donors (Lipinski definition) is 1. The summed E-state index contributed by atoms with van der Waals surface area (Å²) in [5.74, 6) is 4.39. The molecule has 33 heavy (non-hydrogen) atoms. The third-order valence-corrected chi connectivity index (χ3v) is 10.0. The Morgan fingerprint density at radius 2 is 1.91 bits per heavy atom. The monoisotopic (exact) mass is 458 g/mol. The number of nitrogens with zero attached hydrogens (tertiary/aromatic N) is 4. The quantitative estimate of drug-likeness (QED) is 0.501. The van der Waals surface area contributed by atoms with E-state index in [2.05, 4.69) is 29.1 Å². The molecule has 4 fully saturated rings. The van der Waals surface area contributed by atoms with Gasteiger partial charge in [0.15, 0.2) is 5.82 Å². The highest BCUT2D eigenvalue weighted by Crippen LogP contribution is 2.65. The van der Waals surface area contributed by atoms with Crippen LogP contribution < -0.4 is 0 Å². The van der Waals surface area contributed by atoms with E-state index in [4.69, 9.17) is 9.36 Å². The Kier molecular flexibility index (Phi) is 6.32. The highest BCUT2D eigenvalue weighted by atomic mass is 16.6. The maximum Gasteiger partial charge on any atom is 0.230 e. The molecule has 1 aromatic heterocycles. The first-order chi connectivity index (χ1) is 15.8. The zero-order valence-electron chi connectivity index (χ0n) is 20.9. The zero-order chi connectivity index (χ0) is 23.2. The fourth-order valence-corrected chi connectivity index (χ4v) is 8.12. The van der Waals surface area contributed by atoms with Crippen LogP contribution in [0.2, 0.25) is 0 Å². The second-order valence-corrected chi connectivity index (χ2v) is 12.1. The van der Waals surface area contributed by atoms with Gasteiger partial charge in [0.25, 0.3) is 0 Å². The van der Waals surface area contributed by atoms with Gasteiger partial charge in [-0.3, -0.25) is 0 Å². The van der Waals surface area contributed by atoms with Gasteiger partial charge in [-0.2, -0.15) is 4.98 Å². The number of aromatic nitrogens is 2. The van der Waals surface area contributed by atoms with Crippen molar-refractivity contribution in [3.63, 3.8) is 0 Å². The molecule has 7 unspecified atom stereocenters. The predicted molar refractivity (Wildman–Crippen MR) is 127 cm³/mol. The number of aliphatic hydroxyl groups excluding tert-OH is 1. The fourth-order valence-electron chi connectivity index (χ4n) is 8.12. The van der Waals surface area contributed by atoms with Crippen LogP contribution in [0.1, 0.15) is 83.3 Å². The molecule has 4 aliphatic carbocycles. The van der Waals surface area contributed by atoms with Crippen LogP contribution in [0, 0.1) is 34.5 Å². The molecule has 0 spiro atoms. The van der Waals surface area contributed by atoms with Gasteiger partial charge in [0, 0.05) is 0 Å². The Labute approximate surface area is 198 Å². The van der Waals surface area contributed by atoms with Crippen molar-refractivity contribution in [1.29, 1.82) is 0 Å². The predicted octanol–water partition coefficient (Wildman–Crippen LogP) is 4.45. The van der Waals surface area contributed by atoms with E-state index in [9.17, 15) is 5.11 Å². The van der Waals surface area contributed by atoms with Crippen molar-refractivity contribution in [1.82, 2.24) is 15.0 Å². The van der Waals surface area contributed by atoms with E-state index in [1.165, 1.54) is 44.2 Å². The van der Waals surface area contributed by atoms with E-state index in [1.807, 2.05) is 19.0 Å². The number of rotatable bonds is 6. The van der Waals surface area contributed by atoms with Crippen molar-refractivity contribution in [2.75, 3.05) is 20.7 Å². The lowest BCUT2D eigenvalue weighted by atomic mass is 9.45. The van der Waals surface area contributed by atoms with Gasteiger partial charge >= 0.3 is 0 Å². The van der Waals surface area contributed by atoms with E-state index in [0.29, 0.717) is 36.7 Å². The summed E-state index contributed by atoms with van der Waals surface area (Å²) < 4.78 is 5.30. The molecule has 0 aromatic carbocycles. The molecule has 4 aliphatic rings. The minimum Gasteiger partial charge on any atom is -0.395 e. The number of hydrogen-bond acceptors (Lipinski definition) is 7. The van der Waals surface area contributed by atoms with Crippen molar-refractivity contribution < 1.29 is 14.5 Å². The molecule has 1 heterocycles. The first-order valence-electron chi connectivity index (χ1n) is 13.1. The Bertz CT molecular complexity index is 869. The van der Waals surface area contributed by atoms with Crippen molar-refractivity contribution in [2.24, 2.45) is 39.7 Å². The molecule has 0 amide bonds. The number of aliphatic hydroxyl groups is 1. The van der Waals surface area contributed by atoms with Crippen LogP contribution >= 0.6 is 0 Å². The molecule has 1 N–H and O–H groups in total. The van der Waals surface area contributed by atoms with E-state index < -0.39 is 0 Å². The Morgan fingerprint density at radius 3 is 2.73 bits per heavy atom. The average Bonchev–Trinajstić information content (AvgIpc) is 3.34. The standard InChI is InChI=1S/C26H42N4O3/c1-25-12-9-18(28-32-14-11-24-27-23(29-33-24)16-30(3)4)15-17(25)5-6-19-20-7-8-22(31)26(20,2)13-10-21(19)25/h17,19-22,31H,5-16H2,1-4H3. The molecule has 7 nitrogen and oxygen atoms in total. The first kappa shape index (κ1) is 23.3. The molecule has 0 radical (unpaired) electrons. The minimum atomic E-state index is -0.0806. The van der Waals surface area contributed by atoms with Gasteiger partial charge in [0.2, 0.25) is 5.89 Å². The van der Waals surface area contributed by atoms with Crippen molar-refractivity contribution in [3.05, 3.63) is 11.7 Å². The number of fused-ring (bicyclic) bond motifs is 5. The van der Waals surface area contributed by atoms with Crippen LogP contribution in [-0.2, 0) is 17.8 Å². The van der Waals surface area contributed by atoms with Gasteiger partial charge in [-0.25, -0.2) is 0 Å².